The van der Waals surface area contributed by atoms with E-state index in [1.54, 1.807) is 28.4 Å². The molecule has 0 atom stereocenters. The maximum absolute atomic E-state index is 13.1. The van der Waals surface area contributed by atoms with Gasteiger partial charge in [0.25, 0.3) is 11.5 Å². The molecular formula is C22H19N3O2S. The van der Waals surface area contributed by atoms with Crippen LogP contribution in [-0.4, -0.2) is 20.8 Å². The summed E-state index contributed by atoms with van der Waals surface area (Å²) in [5, 5.41) is 2.53. The van der Waals surface area contributed by atoms with Crippen molar-refractivity contribution in [2.24, 2.45) is 0 Å². The molecule has 2 heterocycles. The fourth-order valence-corrected chi connectivity index (χ4v) is 3.78. The van der Waals surface area contributed by atoms with Gasteiger partial charge in [0.15, 0.2) is 0 Å². The summed E-state index contributed by atoms with van der Waals surface area (Å²) in [5.41, 5.74) is 2.15. The van der Waals surface area contributed by atoms with Gasteiger partial charge in [-0.1, -0.05) is 35.9 Å². The van der Waals surface area contributed by atoms with Crippen molar-refractivity contribution in [2.45, 2.75) is 20.0 Å². The summed E-state index contributed by atoms with van der Waals surface area (Å²) in [6.07, 6.45) is 0. The number of carbonyl (C=O) groups excluding carboxylic acids is 1. The number of carbonyl (C=O) groups is 1. The van der Waals surface area contributed by atoms with E-state index in [-0.39, 0.29) is 18.0 Å². The lowest BCUT2D eigenvalue weighted by atomic mass is 10.1. The predicted molar refractivity (Wildman–Crippen MR) is 111 cm³/mol. The van der Waals surface area contributed by atoms with Crippen molar-refractivity contribution in [1.29, 1.82) is 0 Å². The van der Waals surface area contributed by atoms with Crippen LogP contribution in [-0.2, 0) is 13.1 Å². The van der Waals surface area contributed by atoms with Crippen LogP contribution in [0.2, 0.25) is 0 Å². The minimum Gasteiger partial charge on any atom is -0.326 e. The van der Waals surface area contributed by atoms with E-state index in [2.05, 4.69) is 9.97 Å². The van der Waals surface area contributed by atoms with Crippen LogP contribution < -0.4 is 5.56 Å². The first-order valence-corrected chi connectivity index (χ1v) is 9.84. The molecule has 0 aliphatic carbocycles. The van der Waals surface area contributed by atoms with Crippen molar-refractivity contribution in [3.8, 4) is 0 Å². The van der Waals surface area contributed by atoms with Crippen molar-refractivity contribution in [3.63, 3.8) is 0 Å². The zero-order chi connectivity index (χ0) is 19.5. The van der Waals surface area contributed by atoms with E-state index in [0.29, 0.717) is 28.8 Å². The van der Waals surface area contributed by atoms with Crippen LogP contribution in [0.15, 0.2) is 70.8 Å². The smallest absolute Gasteiger partial charge is 0.258 e. The molecule has 28 heavy (non-hydrogen) atoms. The fourth-order valence-electron chi connectivity index (χ4n) is 3.06. The van der Waals surface area contributed by atoms with Crippen LogP contribution in [0.5, 0.6) is 0 Å². The van der Waals surface area contributed by atoms with E-state index in [4.69, 9.17) is 0 Å². The number of aromatic nitrogens is 2. The molecule has 0 spiro atoms. The molecule has 4 aromatic rings. The quantitative estimate of drug-likeness (QED) is 0.558. The van der Waals surface area contributed by atoms with Gasteiger partial charge in [-0.3, -0.25) is 9.59 Å². The zero-order valence-corrected chi connectivity index (χ0v) is 16.2. The number of aryl methyl sites for hydroxylation is 1. The molecule has 0 aliphatic rings. The summed E-state index contributed by atoms with van der Waals surface area (Å²) < 4.78 is 0. The number of H-pyrrole nitrogens is 1. The van der Waals surface area contributed by atoms with Crippen molar-refractivity contribution >= 4 is 28.1 Å². The van der Waals surface area contributed by atoms with Gasteiger partial charge in [0, 0.05) is 10.4 Å². The Labute approximate surface area is 166 Å². The minimum absolute atomic E-state index is 0.0933. The van der Waals surface area contributed by atoms with Crippen LogP contribution in [0.4, 0.5) is 0 Å². The van der Waals surface area contributed by atoms with Gasteiger partial charge in [-0.15, -0.1) is 11.3 Å². The van der Waals surface area contributed by atoms with Crippen LogP contribution in [0.25, 0.3) is 10.9 Å². The first-order valence-electron chi connectivity index (χ1n) is 8.96. The molecule has 0 saturated carbocycles. The lowest BCUT2D eigenvalue weighted by Gasteiger charge is -2.22. The van der Waals surface area contributed by atoms with Gasteiger partial charge in [0.2, 0.25) is 0 Å². The average molecular weight is 389 g/mol. The minimum atomic E-state index is -0.195. The number of thiophene rings is 1. The molecule has 1 N–H and O–H groups in total. The maximum Gasteiger partial charge on any atom is 0.258 e. The predicted octanol–water partition coefficient (Wildman–Crippen LogP) is 4.14. The lowest BCUT2D eigenvalue weighted by molar-refractivity contribution is 0.0727. The van der Waals surface area contributed by atoms with E-state index >= 15 is 0 Å². The molecule has 0 unspecified atom stereocenters. The van der Waals surface area contributed by atoms with Crippen LogP contribution >= 0.6 is 11.3 Å². The third kappa shape index (κ3) is 3.87. The molecule has 0 radical (unpaired) electrons. The van der Waals surface area contributed by atoms with Crippen molar-refractivity contribution in [3.05, 3.63) is 98.2 Å². The van der Waals surface area contributed by atoms with Crippen molar-refractivity contribution in [2.75, 3.05) is 0 Å². The molecule has 2 aromatic heterocycles. The van der Waals surface area contributed by atoms with E-state index in [0.717, 1.165) is 10.4 Å². The second kappa shape index (κ2) is 7.78. The highest BCUT2D eigenvalue weighted by Crippen LogP contribution is 2.17. The Balaban J connectivity index is 1.68. The summed E-state index contributed by atoms with van der Waals surface area (Å²) >= 11 is 1.60. The molecule has 140 valence electrons. The van der Waals surface area contributed by atoms with E-state index in [1.165, 1.54) is 0 Å². The Bertz CT molecular complexity index is 1160. The molecule has 0 saturated heterocycles. The number of aromatic amines is 1. The van der Waals surface area contributed by atoms with E-state index in [1.807, 2.05) is 60.8 Å². The van der Waals surface area contributed by atoms with E-state index in [9.17, 15) is 9.59 Å². The summed E-state index contributed by atoms with van der Waals surface area (Å²) in [6.45, 7) is 2.67. The van der Waals surface area contributed by atoms with Crippen LogP contribution in [0.1, 0.15) is 26.6 Å². The van der Waals surface area contributed by atoms with Gasteiger partial charge >= 0.3 is 0 Å². The van der Waals surface area contributed by atoms with Crippen LogP contribution in [0, 0.1) is 6.92 Å². The summed E-state index contributed by atoms with van der Waals surface area (Å²) in [4.78, 5) is 35.7. The second-order valence-electron chi connectivity index (χ2n) is 6.64. The number of hydrogen-bond acceptors (Lipinski definition) is 4. The normalized spacial score (nSPS) is 10.9. The first kappa shape index (κ1) is 18.1. The standard InChI is InChI=1S/C22H19N3O2S/c1-15-8-10-16(11-9-15)22(27)25(13-17-5-4-12-28-17)14-20-23-19-7-3-2-6-18(19)21(26)24-20/h2-12H,13-14H2,1H3,(H,23,24,26). The molecule has 2 aromatic carbocycles. The fraction of sp³-hybridized carbons (Fsp3) is 0.136. The summed E-state index contributed by atoms with van der Waals surface area (Å²) in [6, 6.07) is 18.7. The van der Waals surface area contributed by atoms with Gasteiger partial charge in [0.05, 0.1) is 24.0 Å². The average Bonchev–Trinajstić information content (AvgIpc) is 3.21. The third-order valence-corrected chi connectivity index (χ3v) is 5.38. The van der Waals surface area contributed by atoms with Gasteiger partial charge in [-0.2, -0.15) is 0 Å². The van der Waals surface area contributed by atoms with Gasteiger partial charge < -0.3 is 9.88 Å². The summed E-state index contributed by atoms with van der Waals surface area (Å²) in [5.74, 6) is 0.380. The Morgan fingerprint density at radius 1 is 1.04 bits per heavy atom. The van der Waals surface area contributed by atoms with Gasteiger partial charge in [-0.05, 0) is 42.6 Å². The highest BCUT2D eigenvalue weighted by atomic mass is 32.1. The molecule has 5 nitrogen and oxygen atoms in total. The molecule has 0 bridgehead atoms. The highest BCUT2D eigenvalue weighted by molar-refractivity contribution is 7.09. The second-order valence-corrected chi connectivity index (χ2v) is 7.67. The third-order valence-electron chi connectivity index (χ3n) is 4.52. The number of rotatable bonds is 5. The van der Waals surface area contributed by atoms with E-state index < -0.39 is 0 Å². The number of fused-ring (bicyclic) bond motifs is 1. The number of nitrogens with zero attached hydrogens (tertiary/aromatic N) is 2. The number of hydrogen-bond donors (Lipinski definition) is 1. The lowest BCUT2D eigenvalue weighted by Crippen LogP contribution is -2.31. The molecule has 1 amide bonds. The monoisotopic (exact) mass is 389 g/mol. The first-order chi connectivity index (χ1) is 13.6. The molecule has 6 heteroatoms. The Hall–Kier alpha value is -3.25. The van der Waals surface area contributed by atoms with Crippen molar-refractivity contribution in [1.82, 2.24) is 14.9 Å². The summed E-state index contributed by atoms with van der Waals surface area (Å²) in [7, 11) is 0. The molecular weight excluding hydrogens is 370 g/mol. The number of nitrogens with one attached hydrogen (secondary N) is 1. The zero-order valence-electron chi connectivity index (χ0n) is 15.4. The molecule has 0 aliphatic heterocycles. The Morgan fingerprint density at radius 3 is 2.57 bits per heavy atom. The Morgan fingerprint density at radius 2 is 1.82 bits per heavy atom. The number of para-hydroxylation sites is 1. The SMILES string of the molecule is Cc1ccc(C(=O)N(Cc2nc3ccccc3c(=O)[nH]2)Cc2cccs2)cc1. The van der Waals surface area contributed by atoms with Crippen LogP contribution in [0.3, 0.4) is 0 Å². The topological polar surface area (TPSA) is 66.1 Å². The molecule has 0 fully saturated rings. The number of amides is 1. The highest BCUT2D eigenvalue weighted by Gasteiger charge is 2.18. The molecule has 4 rings (SSSR count). The maximum atomic E-state index is 13.1. The number of benzene rings is 2. The Kier molecular flexibility index (Phi) is 5.04. The largest absolute Gasteiger partial charge is 0.326 e. The van der Waals surface area contributed by atoms with Crippen molar-refractivity contribution < 1.29 is 4.79 Å². The van der Waals surface area contributed by atoms with Gasteiger partial charge in [0.1, 0.15) is 5.82 Å². The van der Waals surface area contributed by atoms with Gasteiger partial charge in [-0.25, -0.2) is 4.98 Å².